The monoisotopic (exact) mass is 465 g/mol. The van der Waals surface area contributed by atoms with E-state index in [0.717, 1.165) is 17.4 Å². The summed E-state index contributed by atoms with van der Waals surface area (Å²) < 4.78 is 28.9. The minimum Gasteiger partial charge on any atom is -0.452 e. The molecule has 0 aliphatic carbocycles. The van der Waals surface area contributed by atoms with Crippen LogP contribution in [0.25, 0.3) is 0 Å². The molecule has 3 aromatic rings. The molecule has 0 bridgehead atoms. The molecule has 0 aliphatic rings. The van der Waals surface area contributed by atoms with Gasteiger partial charge in [0.25, 0.3) is 5.91 Å². The second kappa shape index (κ2) is 10.9. The van der Waals surface area contributed by atoms with Gasteiger partial charge in [-0.15, -0.1) is 0 Å². The molecular weight excluding hydrogens is 438 g/mol. The maximum Gasteiger partial charge on any atom is 0.338 e. The third kappa shape index (κ3) is 7.02. The number of esters is 1. The van der Waals surface area contributed by atoms with Crippen LogP contribution in [0, 0.1) is 6.92 Å². The first-order valence-electron chi connectivity index (χ1n) is 10.6. The van der Waals surface area contributed by atoms with E-state index in [9.17, 15) is 18.0 Å². The molecule has 0 saturated carbocycles. The van der Waals surface area contributed by atoms with Crippen molar-refractivity contribution >= 4 is 21.7 Å². The topological polar surface area (TPSA) is 80.7 Å². The Labute approximate surface area is 194 Å². The Morgan fingerprint density at radius 2 is 1.48 bits per heavy atom. The molecule has 7 heteroatoms. The summed E-state index contributed by atoms with van der Waals surface area (Å²) in [6.07, 6.45) is 1.74. The van der Waals surface area contributed by atoms with Crippen LogP contribution in [0.2, 0.25) is 0 Å². The molecule has 3 rings (SSSR count). The standard InChI is InChI=1S/C26H27NO5S/c1-20-13-14-23(33(2,30)31)17-24(20)26(29)32-19-25(28)27(18-22-11-7-4-8-12-22)16-15-21-9-5-3-6-10-21/h3-14,17H,15-16,18-19H2,1-2H3. The highest BCUT2D eigenvalue weighted by atomic mass is 32.2. The molecule has 0 aliphatic heterocycles. The highest BCUT2D eigenvalue weighted by molar-refractivity contribution is 7.90. The van der Waals surface area contributed by atoms with Gasteiger partial charge in [0.15, 0.2) is 16.4 Å². The lowest BCUT2D eigenvalue weighted by Gasteiger charge is -2.23. The summed E-state index contributed by atoms with van der Waals surface area (Å²) in [6.45, 7) is 2.12. The van der Waals surface area contributed by atoms with Crippen LogP contribution in [0.5, 0.6) is 0 Å². The summed E-state index contributed by atoms with van der Waals surface area (Å²) in [5.74, 6) is -1.05. The normalized spacial score (nSPS) is 11.1. The Bertz CT molecular complexity index is 1210. The molecule has 0 fully saturated rings. The molecule has 3 aromatic carbocycles. The second-order valence-electron chi connectivity index (χ2n) is 7.86. The van der Waals surface area contributed by atoms with Gasteiger partial charge in [0.05, 0.1) is 10.5 Å². The summed E-state index contributed by atoms with van der Waals surface area (Å²) in [6, 6.07) is 23.7. The number of hydrogen-bond acceptors (Lipinski definition) is 5. The maximum absolute atomic E-state index is 13.0. The summed E-state index contributed by atoms with van der Waals surface area (Å²) in [7, 11) is -3.47. The van der Waals surface area contributed by atoms with Gasteiger partial charge in [-0.05, 0) is 42.2 Å². The van der Waals surface area contributed by atoms with E-state index < -0.39 is 22.4 Å². The molecular formula is C26H27NO5S. The van der Waals surface area contributed by atoms with Crippen LogP contribution in [0.3, 0.4) is 0 Å². The molecule has 1 amide bonds. The van der Waals surface area contributed by atoms with Crippen LogP contribution in [0.4, 0.5) is 0 Å². The number of benzene rings is 3. The van der Waals surface area contributed by atoms with Crippen molar-refractivity contribution in [3.8, 4) is 0 Å². The van der Waals surface area contributed by atoms with Crippen LogP contribution in [0.1, 0.15) is 27.0 Å². The SMILES string of the molecule is Cc1ccc(S(C)(=O)=O)cc1C(=O)OCC(=O)N(CCc1ccccc1)Cc1ccccc1. The van der Waals surface area contributed by atoms with Gasteiger partial charge >= 0.3 is 5.97 Å². The Hall–Kier alpha value is -3.45. The number of carbonyl (C=O) groups is 2. The van der Waals surface area contributed by atoms with E-state index in [2.05, 4.69) is 0 Å². The van der Waals surface area contributed by atoms with Crippen LogP contribution in [-0.2, 0) is 32.3 Å². The highest BCUT2D eigenvalue weighted by Gasteiger charge is 2.19. The summed E-state index contributed by atoms with van der Waals surface area (Å²) >= 11 is 0. The van der Waals surface area contributed by atoms with Crippen molar-refractivity contribution < 1.29 is 22.7 Å². The first-order chi connectivity index (χ1) is 15.7. The van der Waals surface area contributed by atoms with Crippen molar-refractivity contribution in [2.24, 2.45) is 0 Å². The van der Waals surface area contributed by atoms with Crippen molar-refractivity contribution in [2.45, 2.75) is 24.8 Å². The average molecular weight is 466 g/mol. The van der Waals surface area contributed by atoms with Gasteiger partial charge in [0.1, 0.15) is 0 Å². The number of carbonyl (C=O) groups excluding carboxylic acids is 2. The Morgan fingerprint density at radius 3 is 2.09 bits per heavy atom. The van der Waals surface area contributed by atoms with Gasteiger partial charge in [-0.3, -0.25) is 4.79 Å². The molecule has 6 nitrogen and oxygen atoms in total. The Morgan fingerprint density at radius 1 is 0.879 bits per heavy atom. The first kappa shape index (κ1) is 24.2. The summed E-state index contributed by atoms with van der Waals surface area (Å²) in [4.78, 5) is 27.3. The molecule has 0 heterocycles. The minimum absolute atomic E-state index is 0.0277. The Balaban J connectivity index is 1.70. The van der Waals surface area contributed by atoms with Gasteiger partial charge < -0.3 is 9.64 Å². The number of aryl methyl sites for hydroxylation is 1. The zero-order valence-electron chi connectivity index (χ0n) is 18.7. The van der Waals surface area contributed by atoms with E-state index in [4.69, 9.17) is 4.74 Å². The predicted octanol–water partition coefficient (Wildman–Crippen LogP) is 3.83. The van der Waals surface area contributed by atoms with E-state index in [0.29, 0.717) is 25.1 Å². The molecule has 33 heavy (non-hydrogen) atoms. The predicted molar refractivity (Wildman–Crippen MR) is 127 cm³/mol. The number of nitrogens with zero attached hydrogens (tertiary/aromatic N) is 1. The van der Waals surface area contributed by atoms with Crippen molar-refractivity contribution in [3.05, 3.63) is 101 Å². The van der Waals surface area contributed by atoms with Gasteiger partial charge in [0.2, 0.25) is 0 Å². The second-order valence-corrected chi connectivity index (χ2v) is 9.88. The van der Waals surface area contributed by atoms with Crippen molar-refractivity contribution in [1.29, 1.82) is 0 Å². The number of ether oxygens (including phenoxy) is 1. The van der Waals surface area contributed by atoms with Crippen LogP contribution < -0.4 is 0 Å². The van der Waals surface area contributed by atoms with E-state index in [1.807, 2.05) is 60.7 Å². The fraction of sp³-hybridized carbons (Fsp3) is 0.231. The zero-order valence-corrected chi connectivity index (χ0v) is 19.5. The van der Waals surface area contributed by atoms with Gasteiger partial charge in [-0.1, -0.05) is 66.7 Å². The van der Waals surface area contributed by atoms with Gasteiger partial charge in [-0.2, -0.15) is 0 Å². The van der Waals surface area contributed by atoms with Crippen molar-refractivity contribution in [2.75, 3.05) is 19.4 Å². The van der Waals surface area contributed by atoms with Crippen LogP contribution in [0.15, 0.2) is 83.8 Å². The molecule has 0 unspecified atom stereocenters. The van der Waals surface area contributed by atoms with Crippen LogP contribution >= 0.6 is 0 Å². The molecule has 0 saturated heterocycles. The van der Waals surface area contributed by atoms with E-state index >= 15 is 0 Å². The van der Waals surface area contributed by atoms with E-state index in [1.165, 1.54) is 12.1 Å². The van der Waals surface area contributed by atoms with Gasteiger partial charge in [0, 0.05) is 19.3 Å². The lowest BCUT2D eigenvalue weighted by atomic mass is 10.1. The lowest BCUT2D eigenvalue weighted by Crippen LogP contribution is -2.36. The van der Waals surface area contributed by atoms with Crippen LogP contribution in [-0.4, -0.2) is 44.6 Å². The third-order valence-corrected chi connectivity index (χ3v) is 6.38. The molecule has 0 radical (unpaired) electrons. The fourth-order valence-electron chi connectivity index (χ4n) is 3.35. The number of amides is 1. The van der Waals surface area contributed by atoms with Crippen molar-refractivity contribution in [1.82, 2.24) is 4.90 Å². The largest absolute Gasteiger partial charge is 0.452 e. The van der Waals surface area contributed by atoms with E-state index in [-0.39, 0.29) is 16.4 Å². The quantitative estimate of drug-likeness (QED) is 0.449. The molecule has 0 spiro atoms. The smallest absolute Gasteiger partial charge is 0.338 e. The highest BCUT2D eigenvalue weighted by Crippen LogP contribution is 2.17. The molecule has 0 N–H and O–H groups in total. The lowest BCUT2D eigenvalue weighted by molar-refractivity contribution is -0.135. The number of sulfone groups is 1. The summed E-state index contributed by atoms with van der Waals surface area (Å²) in [5, 5.41) is 0. The maximum atomic E-state index is 13.0. The molecule has 0 aromatic heterocycles. The zero-order chi connectivity index (χ0) is 23.8. The number of hydrogen-bond donors (Lipinski definition) is 0. The van der Waals surface area contributed by atoms with Gasteiger partial charge in [-0.25, -0.2) is 13.2 Å². The number of rotatable bonds is 9. The average Bonchev–Trinajstić information content (AvgIpc) is 2.80. The summed E-state index contributed by atoms with van der Waals surface area (Å²) in [5.41, 5.74) is 2.78. The Kier molecular flexibility index (Phi) is 8.01. The fourth-order valence-corrected chi connectivity index (χ4v) is 4.00. The first-order valence-corrected chi connectivity index (χ1v) is 12.5. The van der Waals surface area contributed by atoms with E-state index in [1.54, 1.807) is 17.9 Å². The molecule has 172 valence electrons. The van der Waals surface area contributed by atoms with Crippen molar-refractivity contribution in [3.63, 3.8) is 0 Å². The third-order valence-electron chi connectivity index (χ3n) is 5.27. The molecule has 0 atom stereocenters. The minimum atomic E-state index is -3.47.